The Bertz CT molecular complexity index is 438. The SMILES string of the molecule is CNCC1(Cc2ccc(OC)c(F)c2)CCOC1C. The highest BCUT2D eigenvalue weighted by Gasteiger charge is 2.40. The summed E-state index contributed by atoms with van der Waals surface area (Å²) in [7, 11) is 3.43. The van der Waals surface area contributed by atoms with E-state index in [0.717, 1.165) is 31.6 Å². The fourth-order valence-electron chi connectivity index (χ4n) is 2.92. The van der Waals surface area contributed by atoms with Crippen molar-refractivity contribution in [2.45, 2.75) is 25.9 Å². The number of methoxy groups -OCH3 is 1. The molecule has 0 aromatic heterocycles. The Morgan fingerprint density at radius 1 is 1.53 bits per heavy atom. The van der Waals surface area contributed by atoms with Gasteiger partial charge in [-0.05, 0) is 44.5 Å². The Kier molecular flexibility index (Phi) is 4.42. The van der Waals surface area contributed by atoms with Crippen LogP contribution in [0.3, 0.4) is 0 Å². The highest BCUT2D eigenvalue weighted by molar-refractivity contribution is 5.30. The summed E-state index contributed by atoms with van der Waals surface area (Å²) in [5.41, 5.74) is 1.04. The Labute approximate surface area is 114 Å². The zero-order valence-corrected chi connectivity index (χ0v) is 11.8. The minimum absolute atomic E-state index is 0.0514. The molecule has 1 fully saturated rings. The van der Waals surface area contributed by atoms with Crippen molar-refractivity contribution in [2.75, 3.05) is 27.3 Å². The Hall–Kier alpha value is -1.13. The third kappa shape index (κ3) is 2.90. The van der Waals surface area contributed by atoms with Crippen LogP contribution in [0, 0.1) is 11.2 Å². The Morgan fingerprint density at radius 3 is 2.84 bits per heavy atom. The maximum atomic E-state index is 13.8. The standard InChI is InChI=1S/C15H22FNO2/c1-11-15(10-17-2,6-7-19-11)9-12-4-5-14(18-3)13(16)8-12/h4-5,8,11,17H,6-7,9-10H2,1-3H3. The van der Waals surface area contributed by atoms with Crippen LogP contribution < -0.4 is 10.1 Å². The lowest BCUT2D eigenvalue weighted by Gasteiger charge is -2.32. The van der Waals surface area contributed by atoms with Gasteiger partial charge in [0.2, 0.25) is 0 Å². The lowest BCUT2D eigenvalue weighted by molar-refractivity contribution is 0.0639. The van der Waals surface area contributed by atoms with Crippen LogP contribution in [0.1, 0.15) is 18.9 Å². The lowest BCUT2D eigenvalue weighted by Crippen LogP contribution is -2.40. The number of benzene rings is 1. The van der Waals surface area contributed by atoms with Crippen molar-refractivity contribution in [3.05, 3.63) is 29.6 Å². The van der Waals surface area contributed by atoms with Gasteiger partial charge in [-0.3, -0.25) is 0 Å². The van der Waals surface area contributed by atoms with Crippen LogP contribution in [-0.2, 0) is 11.2 Å². The van der Waals surface area contributed by atoms with Crippen molar-refractivity contribution in [1.29, 1.82) is 0 Å². The summed E-state index contributed by atoms with van der Waals surface area (Å²) in [6.45, 7) is 3.76. The van der Waals surface area contributed by atoms with Crippen molar-refractivity contribution in [2.24, 2.45) is 5.41 Å². The average molecular weight is 267 g/mol. The minimum Gasteiger partial charge on any atom is -0.494 e. The second-order valence-corrected chi connectivity index (χ2v) is 5.30. The molecule has 1 aliphatic heterocycles. The van der Waals surface area contributed by atoms with E-state index in [2.05, 4.69) is 12.2 Å². The smallest absolute Gasteiger partial charge is 0.165 e. The first-order chi connectivity index (χ1) is 9.11. The summed E-state index contributed by atoms with van der Waals surface area (Å²) in [5.74, 6) is -0.00619. The molecular weight excluding hydrogens is 245 g/mol. The zero-order valence-electron chi connectivity index (χ0n) is 11.8. The Balaban J connectivity index is 2.20. The first-order valence-corrected chi connectivity index (χ1v) is 6.70. The van der Waals surface area contributed by atoms with Gasteiger partial charge >= 0.3 is 0 Å². The van der Waals surface area contributed by atoms with Gasteiger partial charge in [0, 0.05) is 18.6 Å². The van der Waals surface area contributed by atoms with E-state index in [-0.39, 0.29) is 17.3 Å². The molecule has 1 aromatic carbocycles. The molecule has 1 heterocycles. The number of hydrogen-bond acceptors (Lipinski definition) is 3. The van der Waals surface area contributed by atoms with Crippen molar-refractivity contribution in [1.82, 2.24) is 5.32 Å². The third-order valence-corrected chi connectivity index (χ3v) is 4.13. The van der Waals surface area contributed by atoms with E-state index in [1.807, 2.05) is 13.1 Å². The fraction of sp³-hybridized carbons (Fsp3) is 0.600. The first kappa shape index (κ1) is 14.3. The molecule has 0 bridgehead atoms. The molecule has 3 nitrogen and oxygen atoms in total. The molecule has 0 aliphatic carbocycles. The molecule has 0 radical (unpaired) electrons. The van der Waals surface area contributed by atoms with Gasteiger partial charge in [0.25, 0.3) is 0 Å². The van der Waals surface area contributed by atoms with Crippen molar-refractivity contribution >= 4 is 0 Å². The molecule has 106 valence electrons. The highest BCUT2D eigenvalue weighted by atomic mass is 19.1. The van der Waals surface area contributed by atoms with Crippen molar-refractivity contribution in [3.8, 4) is 5.75 Å². The number of rotatable bonds is 5. The summed E-state index contributed by atoms with van der Waals surface area (Å²) in [4.78, 5) is 0. The molecule has 0 amide bonds. The van der Waals surface area contributed by atoms with E-state index < -0.39 is 0 Å². The summed E-state index contributed by atoms with van der Waals surface area (Å²) >= 11 is 0. The molecule has 1 aromatic rings. The van der Waals surface area contributed by atoms with Gasteiger partial charge in [0.05, 0.1) is 13.2 Å². The Morgan fingerprint density at radius 2 is 2.32 bits per heavy atom. The number of nitrogens with one attached hydrogen (secondary N) is 1. The summed E-state index contributed by atoms with van der Waals surface area (Å²) < 4.78 is 24.4. The topological polar surface area (TPSA) is 30.5 Å². The van der Waals surface area contributed by atoms with Crippen LogP contribution in [0.5, 0.6) is 5.75 Å². The molecular formula is C15H22FNO2. The monoisotopic (exact) mass is 267 g/mol. The molecule has 2 unspecified atom stereocenters. The second-order valence-electron chi connectivity index (χ2n) is 5.30. The number of halogens is 1. The van der Waals surface area contributed by atoms with Gasteiger partial charge in [-0.1, -0.05) is 6.07 Å². The van der Waals surface area contributed by atoms with Crippen LogP contribution in [0.25, 0.3) is 0 Å². The van der Waals surface area contributed by atoms with Gasteiger partial charge in [-0.15, -0.1) is 0 Å². The van der Waals surface area contributed by atoms with Crippen molar-refractivity contribution < 1.29 is 13.9 Å². The largest absolute Gasteiger partial charge is 0.494 e. The third-order valence-electron chi connectivity index (χ3n) is 4.13. The van der Waals surface area contributed by atoms with E-state index in [1.54, 1.807) is 12.1 Å². The molecule has 0 saturated carbocycles. The number of ether oxygens (including phenoxy) is 2. The first-order valence-electron chi connectivity index (χ1n) is 6.70. The average Bonchev–Trinajstić information content (AvgIpc) is 2.72. The minimum atomic E-state index is -0.300. The predicted octanol–water partition coefficient (Wildman–Crippen LogP) is 2.39. The molecule has 1 saturated heterocycles. The normalized spacial score (nSPS) is 26.6. The maximum absolute atomic E-state index is 13.8. The van der Waals surface area contributed by atoms with E-state index in [1.165, 1.54) is 7.11 Å². The lowest BCUT2D eigenvalue weighted by atomic mass is 9.76. The van der Waals surface area contributed by atoms with Crippen LogP contribution in [0.4, 0.5) is 4.39 Å². The van der Waals surface area contributed by atoms with Crippen LogP contribution >= 0.6 is 0 Å². The van der Waals surface area contributed by atoms with E-state index in [4.69, 9.17) is 9.47 Å². The molecule has 19 heavy (non-hydrogen) atoms. The quantitative estimate of drug-likeness (QED) is 0.888. The molecule has 2 rings (SSSR count). The van der Waals surface area contributed by atoms with Crippen LogP contribution in [0.2, 0.25) is 0 Å². The van der Waals surface area contributed by atoms with Gasteiger partial charge in [-0.25, -0.2) is 4.39 Å². The number of hydrogen-bond donors (Lipinski definition) is 1. The van der Waals surface area contributed by atoms with Gasteiger partial charge < -0.3 is 14.8 Å². The summed E-state index contributed by atoms with van der Waals surface area (Å²) in [6.07, 6.45) is 2.00. The van der Waals surface area contributed by atoms with E-state index in [9.17, 15) is 4.39 Å². The van der Waals surface area contributed by atoms with E-state index >= 15 is 0 Å². The van der Waals surface area contributed by atoms with Gasteiger partial charge in [0.15, 0.2) is 11.6 Å². The molecule has 4 heteroatoms. The summed E-state index contributed by atoms with van der Waals surface area (Å²) in [6, 6.07) is 5.20. The highest BCUT2D eigenvalue weighted by Crippen LogP contribution is 2.38. The second kappa shape index (κ2) is 5.88. The zero-order chi connectivity index (χ0) is 13.9. The van der Waals surface area contributed by atoms with Crippen LogP contribution in [0.15, 0.2) is 18.2 Å². The molecule has 1 aliphatic rings. The molecule has 2 atom stereocenters. The van der Waals surface area contributed by atoms with Gasteiger partial charge in [-0.2, -0.15) is 0 Å². The van der Waals surface area contributed by atoms with Crippen LogP contribution in [-0.4, -0.2) is 33.4 Å². The predicted molar refractivity (Wildman–Crippen MR) is 73.0 cm³/mol. The maximum Gasteiger partial charge on any atom is 0.165 e. The fourth-order valence-corrected chi connectivity index (χ4v) is 2.92. The van der Waals surface area contributed by atoms with Crippen molar-refractivity contribution in [3.63, 3.8) is 0 Å². The van der Waals surface area contributed by atoms with E-state index in [0.29, 0.717) is 5.75 Å². The summed E-state index contributed by atoms with van der Waals surface area (Å²) in [5, 5.41) is 3.24. The van der Waals surface area contributed by atoms with Gasteiger partial charge in [0.1, 0.15) is 0 Å². The molecule has 1 N–H and O–H groups in total. The molecule has 0 spiro atoms.